The number of nitrogens with zero attached hydrogens (tertiary/aromatic N) is 7. The fourth-order valence-corrected chi connectivity index (χ4v) is 5.15. The molecule has 0 aliphatic carbocycles. The number of azo groups is 2. The molecule has 0 spiro atoms. The summed E-state index contributed by atoms with van der Waals surface area (Å²) < 4.78 is 63.1. The third-order valence-electron chi connectivity index (χ3n) is 6.07. The Hall–Kier alpha value is -4.99. The van der Waals surface area contributed by atoms with Gasteiger partial charge in [0, 0.05) is 35.6 Å². The number of rotatable bonds is 7. The van der Waals surface area contributed by atoms with Gasteiger partial charge in [-0.05, 0) is 60.8 Å². The van der Waals surface area contributed by atoms with Crippen molar-refractivity contribution in [2.75, 3.05) is 5.73 Å². The molecule has 257 valence electrons. The smallest absolute Gasteiger partial charge is 0.300 e. The first-order chi connectivity index (χ1) is 22.0. The predicted molar refractivity (Wildman–Crippen MR) is 169 cm³/mol. The SMILES string of the molecule is CC(=O)O.Cc1nn(-c2ccc(S(=O)(=O)O)cc2)c(N)c1N=Nc1ccc2cc(S(O)(O)O)c(N=Nc3ccncc3O)c(O)c2c1.[Cu]. The van der Waals surface area contributed by atoms with Gasteiger partial charge in [0.15, 0.2) is 23.0 Å². The summed E-state index contributed by atoms with van der Waals surface area (Å²) in [6, 6.07) is 12.2. The van der Waals surface area contributed by atoms with Gasteiger partial charge in [-0.2, -0.15) is 18.6 Å². The van der Waals surface area contributed by atoms with Crippen molar-refractivity contribution in [3.63, 3.8) is 0 Å². The van der Waals surface area contributed by atoms with Crippen LogP contribution in [0.5, 0.6) is 11.5 Å². The Bertz CT molecular complexity index is 2150. The number of aromatic nitrogens is 3. The summed E-state index contributed by atoms with van der Waals surface area (Å²) in [5.41, 5.74) is 6.99. The van der Waals surface area contributed by atoms with Crippen LogP contribution in [0.4, 0.5) is 28.6 Å². The molecule has 48 heavy (non-hydrogen) atoms. The Morgan fingerprint density at radius 1 is 0.896 bits per heavy atom. The normalized spacial score (nSPS) is 12.1. The molecule has 0 unspecified atom stereocenters. The van der Waals surface area contributed by atoms with Crippen LogP contribution >= 0.6 is 10.9 Å². The van der Waals surface area contributed by atoms with E-state index in [-0.39, 0.29) is 56.0 Å². The maximum atomic E-state index is 11.3. The van der Waals surface area contributed by atoms with E-state index in [1.807, 2.05) is 0 Å². The zero-order valence-electron chi connectivity index (χ0n) is 24.5. The number of hydrogen-bond acceptors (Lipinski definition) is 15. The molecule has 21 heteroatoms. The van der Waals surface area contributed by atoms with Crippen LogP contribution in [0.3, 0.4) is 0 Å². The molecule has 9 N–H and O–H groups in total. The van der Waals surface area contributed by atoms with Gasteiger partial charge < -0.3 is 34.7 Å². The number of nitrogen functional groups attached to an aromatic ring is 1. The number of fused-ring (bicyclic) bond motifs is 1. The molecule has 3 aromatic carbocycles. The van der Waals surface area contributed by atoms with Gasteiger partial charge in [0.25, 0.3) is 16.1 Å². The molecular formula is C27H26CuN8O10S2. The van der Waals surface area contributed by atoms with Crippen molar-refractivity contribution >= 4 is 66.3 Å². The number of carbonyl (C=O) groups is 1. The van der Waals surface area contributed by atoms with E-state index >= 15 is 0 Å². The number of nitrogens with two attached hydrogens (primary N) is 1. The minimum absolute atomic E-state index is 0. The van der Waals surface area contributed by atoms with E-state index in [2.05, 4.69) is 30.5 Å². The molecule has 0 aliphatic rings. The molecule has 0 bridgehead atoms. The third-order valence-corrected chi connectivity index (χ3v) is 7.84. The Morgan fingerprint density at radius 3 is 2.10 bits per heavy atom. The maximum absolute atomic E-state index is 11.3. The number of phenols is 1. The molecule has 0 aliphatic heterocycles. The predicted octanol–water partition coefficient (Wildman–Crippen LogP) is 6.47. The Kier molecular flexibility index (Phi) is 11.6. The summed E-state index contributed by atoms with van der Waals surface area (Å²) in [5, 5.41) is 49.2. The van der Waals surface area contributed by atoms with Gasteiger partial charge in [0.1, 0.15) is 22.2 Å². The van der Waals surface area contributed by atoms with Gasteiger partial charge in [-0.3, -0.25) is 14.3 Å². The second-order valence-electron chi connectivity index (χ2n) is 9.48. The second kappa shape index (κ2) is 14.8. The van der Waals surface area contributed by atoms with E-state index < -0.39 is 43.3 Å². The largest absolute Gasteiger partial charge is 0.505 e. The van der Waals surface area contributed by atoms with Crippen LogP contribution in [-0.4, -0.2) is 62.7 Å². The average molecular weight is 750 g/mol. The molecule has 0 saturated carbocycles. The second-order valence-corrected chi connectivity index (χ2v) is 12.4. The molecule has 2 heterocycles. The summed E-state index contributed by atoms with van der Waals surface area (Å²) in [6.45, 7) is 2.71. The van der Waals surface area contributed by atoms with E-state index in [1.165, 1.54) is 65.5 Å². The Balaban J connectivity index is 0.00000118. The van der Waals surface area contributed by atoms with Crippen LogP contribution < -0.4 is 5.73 Å². The fraction of sp³-hybridized carbons (Fsp3) is 0.0741. The van der Waals surface area contributed by atoms with Crippen molar-refractivity contribution < 1.29 is 63.8 Å². The van der Waals surface area contributed by atoms with Gasteiger partial charge in [0.2, 0.25) is 0 Å². The Morgan fingerprint density at radius 2 is 1.52 bits per heavy atom. The molecule has 5 rings (SSSR count). The van der Waals surface area contributed by atoms with Gasteiger partial charge in [-0.25, -0.2) is 4.68 Å². The van der Waals surface area contributed by atoms with Crippen LogP contribution in [0.1, 0.15) is 12.6 Å². The number of carboxylic acids is 1. The van der Waals surface area contributed by atoms with E-state index in [0.717, 1.165) is 13.1 Å². The summed E-state index contributed by atoms with van der Waals surface area (Å²) in [4.78, 5) is 11.9. The molecule has 2 aromatic heterocycles. The monoisotopic (exact) mass is 749 g/mol. The number of carboxylic acid groups (broad SMARTS) is 1. The summed E-state index contributed by atoms with van der Waals surface area (Å²) >= 11 is 0. The van der Waals surface area contributed by atoms with Crippen LogP contribution in [0.15, 0.2) is 97.2 Å². The van der Waals surface area contributed by atoms with E-state index in [0.29, 0.717) is 16.8 Å². The summed E-state index contributed by atoms with van der Waals surface area (Å²) in [5.74, 6) is -1.63. The van der Waals surface area contributed by atoms with Crippen LogP contribution in [0.25, 0.3) is 16.5 Å². The molecule has 1 radical (unpaired) electrons. The first-order valence-corrected chi connectivity index (χ1v) is 15.8. The topological polar surface area (TPSA) is 299 Å². The van der Waals surface area contributed by atoms with Crippen molar-refractivity contribution in [2.45, 2.75) is 23.6 Å². The van der Waals surface area contributed by atoms with Crippen LogP contribution in [-0.2, 0) is 32.0 Å². The van der Waals surface area contributed by atoms with Gasteiger partial charge >= 0.3 is 0 Å². The molecule has 0 atom stereocenters. The first-order valence-electron chi connectivity index (χ1n) is 12.9. The van der Waals surface area contributed by atoms with Gasteiger partial charge in [-0.15, -0.1) is 15.3 Å². The van der Waals surface area contributed by atoms with Crippen molar-refractivity contribution in [3.05, 3.63) is 72.7 Å². The molecule has 0 amide bonds. The number of benzene rings is 3. The van der Waals surface area contributed by atoms with Crippen molar-refractivity contribution in [1.29, 1.82) is 0 Å². The number of phenolic OH excluding ortho intramolecular Hbond substituents is 1. The average Bonchev–Trinajstić information content (AvgIpc) is 3.27. The summed E-state index contributed by atoms with van der Waals surface area (Å²) in [6.07, 6.45) is 2.45. The number of hydrogen-bond donors (Lipinski definition) is 8. The minimum atomic E-state index is -4.38. The van der Waals surface area contributed by atoms with E-state index in [9.17, 15) is 36.8 Å². The van der Waals surface area contributed by atoms with Gasteiger partial charge in [-0.1, -0.05) is 6.07 Å². The molecule has 0 saturated heterocycles. The standard InChI is InChI=1S/C25H22N8O8S2.C2H4O2.Cu/c1-13-22(25(26)33(32-13)16-4-6-17(7-5-16)42(36,37)38)30-28-15-3-2-14-10-21(43(39,40)41)23(24(35)18(14)11-15)31-29-19-8-9-27-12-20(19)34;1-2(3)4;/h2-12,34-35,39-41H,26H2,1H3,(H,36,37,38);1H3,(H,3,4);. The van der Waals surface area contributed by atoms with Crippen LogP contribution in [0.2, 0.25) is 0 Å². The number of pyridine rings is 1. The number of aromatic hydroxyl groups is 2. The maximum Gasteiger partial charge on any atom is 0.300 e. The Labute approximate surface area is 283 Å². The fourth-order valence-electron chi connectivity index (χ4n) is 3.99. The number of aryl methyl sites for hydroxylation is 1. The third kappa shape index (κ3) is 8.67. The van der Waals surface area contributed by atoms with Crippen molar-refractivity contribution in [1.82, 2.24) is 14.8 Å². The number of aliphatic carboxylic acids is 1. The van der Waals surface area contributed by atoms with Crippen LogP contribution in [0, 0.1) is 6.92 Å². The number of anilines is 1. The zero-order chi connectivity index (χ0) is 34.7. The van der Waals surface area contributed by atoms with Crippen molar-refractivity contribution in [2.24, 2.45) is 20.5 Å². The zero-order valence-corrected chi connectivity index (χ0v) is 27.1. The summed E-state index contributed by atoms with van der Waals surface area (Å²) in [7, 11) is -8.73. The van der Waals surface area contributed by atoms with E-state index in [4.69, 9.17) is 15.6 Å². The van der Waals surface area contributed by atoms with E-state index in [1.54, 1.807) is 6.92 Å². The molecule has 5 aromatic rings. The van der Waals surface area contributed by atoms with Crippen molar-refractivity contribution in [3.8, 4) is 17.2 Å². The molecule has 18 nitrogen and oxygen atoms in total. The van der Waals surface area contributed by atoms with Gasteiger partial charge in [0.05, 0.1) is 33.1 Å². The molecular weight excluding hydrogens is 724 g/mol. The first kappa shape index (κ1) is 37.5. The molecule has 0 fully saturated rings. The minimum Gasteiger partial charge on any atom is -0.505 e. The quantitative estimate of drug-likeness (QED) is 0.0503.